The molecular weight excluding hydrogens is 395 g/mol. The minimum Gasteiger partial charge on any atom is -0.479 e. The van der Waals surface area contributed by atoms with E-state index >= 15 is 0 Å². The van der Waals surface area contributed by atoms with E-state index in [0.29, 0.717) is 5.65 Å². The Hall–Kier alpha value is -3.54. The maximum absolute atomic E-state index is 13.2. The number of halogens is 3. The fourth-order valence-corrected chi connectivity index (χ4v) is 2.74. The van der Waals surface area contributed by atoms with Crippen LogP contribution in [0, 0.1) is 0 Å². The topological polar surface area (TPSA) is 141 Å². The Labute approximate surface area is 160 Å². The first kappa shape index (κ1) is 20.2. The molecule has 29 heavy (non-hydrogen) atoms. The van der Waals surface area contributed by atoms with Crippen molar-refractivity contribution in [3.05, 3.63) is 53.2 Å². The van der Waals surface area contributed by atoms with Crippen molar-refractivity contribution in [1.29, 1.82) is 0 Å². The lowest BCUT2D eigenvalue weighted by molar-refractivity contribution is -0.148. The van der Waals surface area contributed by atoms with Crippen molar-refractivity contribution >= 4 is 23.0 Å². The lowest BCUT2D eigenvalue weighted by Gasteiger charge is -2.23. The number of H-pyrrole nitrogens is 1. The Morgan fingerprint density at radius 3 is 2.66 bits per heavy atom. The number of aromatic amines is 1. The van der Waals surface area contributed by atoms with Crippen LogP contribution in [-0.4, -0.2) is 54.6 Å². The van der Waals surface area contributed by atoms with Crippen LogP contribution >= 0.6 is 0 Å². The summed E-state index contributed by atoms with van der Waals surface area (Å²) in [6.07, 6.45) is -6.22. The molecule has 1 amide bonds. The van der Waals surface area contributed by atoms with Gasteiger partial charge in [-0.15, -0.1) is 5.10 Å². The highest BCUT2D eigenvalue weighted by Crippen LogP contribution is 2.32. The third-order valence-electron chi connectivity index (χ3n) is 4.16. The van der Waals surface area contributed by atoms with Gasteiger partial charge in [0.2, 0.25) is 0 Å². The molecule has 1 aromatic carbocycles. The van der Waals surface area contributed by atoms with Gasteiger partial charge in [0.1, 0.15) is 5.52 Å². The number of aromatic nitrogens is 4. The highest BCUT2D eigenvalue weighted by atomic mass is 19.4. The quantitative estimate of drug-likeness (QED) is 0.479. The number of hydrogen-bond acceptors (Lipinski definition) is 6. The molecule has 3 aromatic rings. The van der Waals surface area contributed by atoms with Crippen LogP contribution in [0.15, 0.2) is 36.5 Å². The molecule has 0 aliphatic carbocycles. The Balaban J connectivity index is 1.88. The number of rotatable bonds is 6. The number of alkyl halides is 3. The lowest BCUT2D eigenvalue weighted by atomic mass is 9.96. The summed E-state index contributed by atoms with van der Waals surface area (Å²) in [5.41, 5.74) is -0.713. The number of benzene rings is 1. The summed E-state index contributed by atoms with van der Waals surface area (Å²) < 4.78 is 39.6. The molecule has 0 aliphatic heterocycles. The molecule has 2 aromatic heterocycles. The first-order valence-corrected chi connectivity index (χ1v) is 8.20. The molecule has 0 bridgehead atoms. The number of aliphatic hydroxyl groups excluding tert-OH is 1. The van der Waals surface area contributed by atoms with Gasteiger partial charge < -0.3 is 15.5 Å². The summed E-state index contributed by atoms with van der Waals surface area (Å²) in [6.45, 7) is 0. The number of aliphatic carboxylic acids is 1. The Morgan fingerprint density at radius 2 is 1.97 bits per heavy atom. The highest BCUT2D eigenvalue weighted by Gasteiger charge is 2.35. The lowest BCUT2D eigenvalue weighted by Crippen LogP contribution is -2.48. The number of hydrogen-bond donors (Lipinski definition) is 4. The average molecular weight is 409 g/mol. The third kappa shape index (κ3) is 4.48. The molecule has 0 radical (unpaired) electrons. The summed E-state index contributed by atoms with van der Waals surface area (Å²) in [5.74, 6) is -2.53. The summed E-state index contributed by atoms with van der Waals surface area (Å²) >= 11 is 0. The highest BCUT2D eigenvalue weighted by molar-refractivity contribution is 5.96. The largest absolute Gasteiger partial charge is 0.479 e. The van der Waals surface area contributed by atoms with Crippen molar-refractivity contribution in [1.82, 2.24) is 25.7 Å². The number of fused-ring (bicyclic) bond motifs is 1. The van der Waals surface area contributed by atoms with E-state index in [4.69, 9.17) is 5.11 Å². The van der Waals surface area contributed by atoms with Gasteiger partial charge in [-0.3, -0.25) is 4.79 Å². The van der Waals surface area contributed by atoms with Gasteiger partial charge in [-0.05, 0) is 24.1 Å². The SMILES string of the molecule is O=C(N[C@H](Cc1ccccc1C(F)(F)F)[C@@H](O)C(=O)O)c1cnc2[nH]nnc2c1. The number of nitrogens with one attached hydrogen (secondary N) is 2. The van der Waals surface area contributed by atoms with Crippen LogP contribution in [0.4, 0.5) is 13.2 Å². The first-order valence-electron chi connectivity index (χ1n) is 8.20. The predicted octanol–water partition coefficient (Wildman–Crippen LogP) is 1.16. The van der Waals surface area contributed by atoms with Gasteiger partial charge in [-0.2, -0.15) is 13.2 Å². The van der Waals surface area contributed by atoms with Crippen molar-refractivity contribution in [2.24, 2.45) is 0 Å². The van der Waals surface area contributed by atoms with E-state index in [-0.39, 0.29) is 16.6 Å². The zero-order chi connectivity index (χ0) is 21.2. The number of carboxylic acids is 1. The number of amides is 1. The van der Waals surface area contributed by atoms with E-state index in [2.05, 4.69) is 25.7 Å². The fraction of sp³-hybridized carbons (Fsp3) is 0.235. The van der Waals surface area contributed by atoms with Crippen LogP contribution in [0.1, 0.15) is 21.5 Å². The standard InChI is InChI=1S/C17H14F3N5O4/c18-17(19,20)10-4-2-1-3-8(10)5-11(13(26)16(28)29)22-15(27)9-6-12-14(21-7-9)24-25-23-12/h1-4,6-7,11,13,26H,5H2,(H,22,27)(H,28,29)(H,21,23,24,25)/t11-,13-/m1/s1. The molecule has 0 unspecified atom stereocenters. The maximum Gasteiger partial charge on any atom is 0.416 e. The first-order chi connectivity index (χ1) is 13.7. The van der Waals surface area contributed by atoms with Gasteiger partial charge in [0.05, 0.1) is 17.2 Å². The smallest absolute Gasteiger partial charge is 0.416 e. The molecule has 4 N–H and O–H groups in total. The summed E-state index contributed by atoms with van der Waals surface area (Å²) in [5, 5.41) is 31.0. The fourth-order valence-electron chi connectivity index (χ4n) is 2.74. The number of aliphatic hydroxyl groups is 1. The summed E-state index contributed by atoms with van der Waals surface area (Å²) in [4.78, 5) is 27.6. The predicted molar refractivity (Wildman–Crippen MR) is 91.7 cm³/mol. The van der Waals surface area contributed by atoms with Crippen LogP contribution in [0.2, 0.25) is 0 Å². The molecule has 2 heterocycles. The maximum atomic E-state index is 13.2. The van der Waals surface area contributed by atoms with Crippen LogP contribution in [-0.2, 0) is 17.4 Å². The second-order valence-corrected chi connectivity index (χ2v) is 6.13. The number of carbonyl (C=O) groups excluding carboxylic acids is 1. The van der Waals surface area contributed by atoms with Crippen LogP contribution in [0.25, 0.3) is 11.2 Å². The van der Waals surface area contributed by atoms with Crippen LogP contribution < -0.4 is 5.32 Å². The van der Waals surface area contributed by atoms with Gasteiger partial charge >= 0.3 is 12.1 Å². The van der Waals surface area contributed by atoms with Gasteiger partial charge in [0.25, 0.3) is 5.91 Å². The number of pyridine rings is 1. The Kier molecular flexibility index (Phi) is 5.46. The average Bonchev–Trinajstić information content (AvgIpc) is 3.14. The van der Waals surface area contributed by atoms with E-state index in [1.54, 1.807) is 0 Å². The molecule has 2 atom stereocenters. The van der Waals surface area contributed by atoms with Gasteiger partial charge in [-0.25, -0.2) is 14.9 Å². The number of nitrogens with zero attached hydrogens (tertiary/aromatic N) is 3. The summed E-state index contributed by atoms with van der Waals surface area (Å²) in [6, 6.07) is 4.31. The van der Waals surface area contributed by atoms with E-state index in [9.17, 15) is 27.9 Å². The minimum absolute atomic E-state index is 0.0295. The van der Waals surface area contributed by atoms with E-state index < -0.39 is 42.2 Å². The Bertz CT molecular complexity index is 1050. The molecule has 0 fully saturated rings. The van der Waals surface area contributed by atoms with Gasteiger partial charge in [0, 0.05) is 6.20 Å². The second kappa shape index (κ2) is 7.83. The van der Waals surface area contributed by atoms with Crippen LogP contribution in [0.5, 0.6) is 0 Å². The molecular formula is C17H14F3N5O4. The third-order valence-corrected chi connectivity index (χ3v) is 4.16. The normalized spacial score (nSPS) is 13.8. The Morgan fingerprint density at radius 1 is 1.24 bits per heavy atom. The molecule has 12 heteroatoms. The number of carboxylic acid groups (broad SMARTS) is 1. The zero-order valence-corrected chi connectivity index (χ0v) is 14.5. The van der Waals surface area contributed by atoms with Crippen LogP contribution in [0.3, 0.4) is 0 Å². The molecule has 0 saturated carbocycles. The molecule has 0 spiro atoms. The van der Waals surface area contributed by atoms with Crippen molar-refractivity contribution in [3.63, 3.8) is 0 Å². The molecule has 152 valence electrons. The van der Waals surface area contributed by atoms with E-state index in [1.165, 1.54) is 18.2 Å². The van der Waals surface area contributed by atoms with E-state index in [0.717, 1.165) is 18.3 Å². The van der Waals surface area contributed by atoms with Crippen molar-refractivity contribution in [2.45, 2.75) is 24.7 Å². The van der Waals surface area contributed by atoms with E-state index in [1.807, 2.05) is 0 Å². The van der Waals surface area contributed by atoms with Gasteiger partial charge in [-0.1, -0.05) is 23.4 Å². The molecule has 0 aliphatic rings. The summed E-state index contributed by atoms with van der Waals surface area (Å²) in [7, 11) is 0. The molecule has 0 saturated heterocycles. The second-order valence-electron chi connectivity index (χ2n) is 6.13. The van der Waals surface area contributed by atoms with Crippen molar-refractivity contribution in [2.75, 3.05) is 0 Å². The zero-order valence-electron chi connectivity index (χ0n) is 14.5. The monoisotopic (exact) mass is 409 g/mol. The number of carbonyl (C=O) groups is 2. The van der Waals surface area contributed by atoms with Gasteiger partial charge in [0.15, 0.2) is 11.8 Å². The van der Waals surface area contributed by atoms with Crippen molar-refractivity contribution < 1.29 is 33.0 Å². The van der Waals surface area contributed by atoms with Crippen molar-refractivity contribution in [3.8, 4) is 0 Å². The molecule has 3 rings (SSSR count). The minimum atomic E-state index is -4.68. The molecule has 9 nitrogen and oxygen atoms in total.